The molecule has 0 aliphatic carbocycles. The number of hydrogen-bond acceptors (Lipinski definition) is 2. The molecule has 2 amide bonds. The van der Waals surface area contributed by atoms with Gasteiger partial charge in [0.2, 0.25) is 5.91 Å². The van der Waals surface area contributed by atoms with Crippen LogP contribution in [-0.4, -0.2) is 47.3 Å². The first-order chi connectivity index (χ1) is 9.52. The first-order valence-electron chi connectivity index (χ1n) is 7.18. The molecular formula is C16H22N2O2. The van der Waals surface area contributed by atoms with Crippen LogP contribution in [0.4, 0.5) is 0 Å². The Morgan fingerprint density at radius 1 is 1.30 bits per heavy atom. The zero-order valence-corrected chi connectivity index (χ0v) is 12.4. The van der Waals surface area contributed by atoms with Gasteiger partial charge in [-0.05, 0) is 26.0 Å². The maximum Gasteiger partial charge on any atom is 0.254 e. The molecule has 1 aromatic rings. The Morgan fingerprint density at radius 3 is 2.65 bits per heavy atom. The van der Waals surface area contributed by atoms with Crippen molar-refractivity contribution in [2.24, 2.45) is 0 Å². The summed E-state index contributed by atoms with van der Waals surface area (Å²) < 4.78 is 0. The van der Waals surface area contributed by atoms with Crippen LogP contribution in [0.2, 0.25) is 0 Å². The summed E-state index contributed by atoms with van der Waals surface area (Å²) in [4.78, 5) is 28.0. The van der Waals surface area contributed by atoms with Crippen LogP contribution >= 0.6 is 0 Å². The van der Waals surface area contributed by atoms with Crippen molar-refractivity contribution in [3.63, 3.8) is 0 Å². The van der Waals surface area contributed by atoms with E-state index in [0.29, 0.717) is 26.1 Å². The number of benzene rings is 1. The Labute approximate surface area is 120 Å². The van der Waals surface area contributed by atoms with Crippen molar-refractivity contribution in [1.82, 2.24) is 9.80 Å². The highest BCUT2D eigenvalue weighted by Gasteiger charge is 2.29. The summed E-state index contributed by atoms with van der Waals surface area (Å²) in [5.41, 5.74) is 1.82. The van der Waals surface area contributed by atoms with Crippen LogP contribution in [0, 0.1) is 6.92 Å². The summed E-state index contributed by atoms with van der Waals surface area (Å²) >= 11 is 0. The van der Waals surface area contributed by atoms with Gasteiger partial charge in [0.15, 0.2) is 0 Å². The van der Waals surface area contributed by atoms with Gasteiger partial charge in [-0.3, -0.25) is 9.59 Å². The summed E-state index contributed by atoms with van der Waals surface area (Å²) in [6.07, 6.45) is 0.526. The quantitative estimate of drug-likeness (QED) is 0.828. The third-order valence-electron chi connectivity index (χ3n) is 3.81. The van der Waals surface area contributed by atoms with Crippen molar-refractivity contribution in [2.75, 3.05) is 19.6 Å². The van der Waals surface area contributed by atoms with Crippen LogP contribution in [0.25, 0.3) is 0 Å². The van der Waals surface area contributed by atoms with E-state index in [9.17, 15) is 9.59 Å². The fourth-order valence-corrected chi connectivity index (χ4v) is 2.65. The Morgan fingerprint density at radius 2 is 2.05 bits per heavy atom. The van der Waals surface area contributed by atoms with Crippen LogP contribution in [-0.2, 0) is 4.79 Å². The number of piperazine rings is 1. The fourth-order valence-electron chi connectivity index (χ4n) is 2.65. The molecule has 1 aliphatic heterocycles. The van der Waals surface area contributed by atoms with Crippen molar-refractivity contribution < 1.29 is 9.59 Å². The van der Waals surface area contributed by atoms with Crippen LogP contribution in [0.1, 0.15) is 36.2 Å². The molecule has 0 spiro atoms. The van der Waals surface area contributed by atoms with Gasteiger partial charge >= 0.3 is 0 Å². The van der Waals surface area contributed by atoms with Gasteiger partial charge in [-0.1, -0.05) is 24.6 Å². The minimum atomic E-state index is 0.0600. The van der Waals surface area contributed by atoms with Gasteiger partial charge in [-0.25, -0.2) is 0 Å². The van der Waals surface area contributed by atoms with E-state index in [1.165, 1.54) is 0 Å². The molecule has 20 heavy (non-hydrogen) atoms. The average Bonchev–Trinajstić information content (AvgIpc) is 2.45. The molecule has 1 unspecified atom stereocenters. The van der Waals surface area contributed by atoms with Gasteiger partial charge < -0.3 is 9.80 Å². The molecule has 1 aliphatic rings. The first-order valence-corrected chi connectivity index (χ1v) is 7.18. The highest BCUT2D eigenvalue weighted by Crippen LogP contribution is 2.15. The van der Waals surface area contributed by atoms with E-state index in [-0.39, 0.29) is 17.9 Å². The summed E-state index contributed by atoms with van der Waals surface area (Å²) in [5.74, 6) is 0.226. The first kappa shape index (κ1) is 14.6. The third-order valence-corrected chi connectivity index (χ3v) is 3.81. The summed E-state index contributed by atoms with van der Waals surface area (Å²) in [6, 6.07) is 7.72. The average molecular weight is 274 g/mol. The highest BCUT2D eigenvalue weighted by atomic mass is 16.2. The minimum Gasteiger partial charge on any atom is -0.339 e. The van der Waals surface area contributed by atoms with E-state index in [2.05, 4.69) is 0 Å². The molecule has 0 radical (unpaired) electrons. The maximum absolute atomic E-state index is 12.5. The Kier molecular flexibility index (Phi) is 4.42. The third kappa shape index (κ3) is 3.00. The van der Waals surface area contributed by atoms with Gasteiger partial charge in [0.1, 0.15) is 0 Å². The van der Waals surface area contributed by atoms with Gasteiger partial charge in [0.05, 0.1) is 0 Å². The molecule has 0 bridgehead atoms. The van der Waals surface area contributed by atoms with Gasteiger partial charge in [0.25, 0.3) is 5.91 Å². The second kappa shape index (κ2) is 6.07. The monoisotopic (exact) mass is 274 g/mol. The van der Waals surface area contributed by atoms with E-state index in [4.69, 9.17) is 0 Å². The highest BCUT2D eigenvalue weighted by molar-refractivity contribution is 5.94. The van der Waals surface area contributed by atoms with Gasteiger partial charge in [-0.2, -0.15) is 0 Å². The normalized spacial score (nSPS) is 19.1. The van der Waals surface area contributed by atoms with Crippen LogP contribution in [0.5, 0.6) is 0 Å². The number of amides is 2. The molecule has 2 rings (SSSR count). The zero-order valence-electron chi connectivity index (χ0n) is 12.4. The summed E-state index contributed by atoms with van der Waals surface area (Å²) in [5, 5.41) is 0. The second-order valence-corrected chi connectivity index (χ2v) is 5.41. The molecule has 1 saturated heterocycles. The molecule has 108 valence electrons. The van der Waals surface area contributed by atoms with Crippen LogP contribution < -0.4 is 0 Å². The van der Waals surface area contributed by atoms with E-state index in [1.54, 1.807) is 0 Å². The van der Waals surface area contributed by atoms with E-state index in [0.717, 1.165) is 11.1 Å². The number of nitrogens with zero attached hydrogens (tertiary/aromatic N) is 2. The molecule has 1 fully saturated rings. The molecule has 1 atom stereocenters. The molecule has 0 N–H and O–H groups in total. The maximum atomic E-state index is 12.5. The van der Waals surface area contributed by atoms with Gasteiger partial charge in [-0.15, -0.1) is 0 Å². The molecule has 1 aromatic carbocycles. The Bertz CT molecular complexity index is 513. The number of rotatable bonds is 2. The predicted molar refractivity (Wildman–Crippen MR) is 78.5 cm³/mol. The zero-order chi connectivity index (χ0) is 14.7. The summed E-state index contributed by atoms with van der Waals surface area (Å²) in [7, 11) is 0. The number of aryl methyl sites for hydroxylation is 1. The van der Waals surface area contributed by atoms with Crippen molar-refractivity contribution in [2.45, 2.75) is 33.2 Å². The SMILES string of the molecule is CCC(=O)N1CCN(C(=O)c2cccc(C)c2)C(C)C1. The molecule has 4 nitrogen and oxygen atoms in total. The molecular weight excluding hydrogens is 252 g/mol. The van der Waals surface area contributed by atoms with E-state index in [1.807, 2.05) is 54.8 Å². The molecule has 1 heterocycles. The van der Waals surface area contributed by atoms with Crippen LogP contribution in [0.15, 0.2) is 24.3 Å². The lowest BCUT2D eigenvalue weighted by Crippen LogP contribution is -2.55. The standard InChI is InChI=1S/C16H22N2O2/c1-4-15(19)17-8-9-18(13(3)11-17)16(20)14-7-5-6-12(2)10-14/h5-7,10,13H,4,8-9,11H2,1-3H3. The van der Waals surface area contributed by atoms with E-state index >= 15 is 0 Å². The molecule has 0 saturated carbocycles. The van der Waals surface area contributed by atoms with Crippen LogP contribution in [0.3, 0.4) is 0 Å². The number of hydrogen-bond donors (Lipinski definition) is 0. The molecule has 0 aromatic heterocycles. The van der Waals surface area contributed by atoms with Crippen molar-refractivity contribution in [3.8, 4) is 0 Å². The topological polar surface area (TPSA) is 40.6 Å². The van der Waals surface area contributed by atoms with Crippen molar-refractivity contribution >= 4 is 11.8 Å². The number of carbonyl (C=O) groups is 2. The number of carbonyl (C=O) groups excluding carboxylic acids is 2. The van der Waals surface area contributed by atoms with E-state index < -0.39 is 0 Å². The second-order valence-electron chi connectivity index (χ2n) is 5.41. The lowest BCUT2D eigenvalue weighted by atomic mass is 10.1. The Hall–Kier alpha value is -1.84. The van der Waals surface area contributed by atoms with Crippen molar-refractivity contribution in [1.29, 1.82) is 0 Å². The Balaban J connectivity index is 2.07. The fraction of sp³-hybridized carbons (Fsp3) is 0.500. The largest absolute Gasteiger partial charge is 0.339 e. The van der Waals surface area contributed by atoms with Gasteiger partial charge in [0, 0.05) is 37.7 Å². The smallest absolute Gasteiger partial charge is 0.254 e. The predicted octanol–water partition coefficient (Wildman–Crippen LogP) is 2.08. The minimum absolute atomic E-state index is 0.0600. The molecule has 4 heteroatoms. The van der Waals surface area contributed by atoms with Crippen molar-refractivity contribution in [3.05, 3.63) is 35.4 Å². The lowest BCUT2D eigenvalue weighted by Gasteiger charge is -2.40. The summed E-state index contributed by atoms with van der Waals surface area (Å²) in [6.45, 7) is 7.73. The lowest BCUT2D eigenvalue weighted by molar-refractivity contribution is -0.133.